The zero-order valence-corrected chi connectivity index (χ0v) is 14.3. The van der Waals surface area contributed by atoms with Gasteiger partial charge in [-0.05, 0) is 22.0 Å². The van der Waals surface area contributed by atoms with E-state index in [2.05, 4.69) is 39.4 Å². The van der Waals surface area contributed by atoms with Crippen LogP contribution in [0.1, 0.15) is 16.1 Å². The van der Waals surface area contributed by atoms with Gasteiger partial charge >= 0.3 is 6.18 Å². The lowest BCUT2D eigenvalue weighted by atomic mass is 10.2. The van der Waals surface area contributed by atoms with Crippen LogP contribution < -0.4 is 5.32 Å². The maximum absolute atomic E-state index is 12.3. The molecule has 0 saturated carbocycles. The van der Waals surface area contributed by atoms with Gasteiger partial charge in [0.2, 0.25) is 0 Å². The topological polar surface area (TPSA) is 89.3 Å². The Labute approximate surface area is 145 Å². The van der Waals surface area contributed by atoms with Crippen molar-refractivity contribution in [3.8, 4) is 0 Å². The fourth-order valence-corrected chi connectivity index (χ4v) is 1.78. The van der Waals surface area contributed by atoms with Crippen LogP contribution in [0.5, 0.6) is 0 Å². The molecule has 0 aliphatic carbocycles. The number of alkyl halides is 3. The zero-order valence-electron chi connectivity index (χ0n) is 12.7. The van der Waals surface area contributed by atoms with Gasteiger partial charge in [-0.25, -0.2) is 0 Å². The Balaban J connectivity index is 0.00000254. The first kappa shape index (κ1) is 21.8. The number of hydrogen-bond acceptors (Lipinski definition) is 5. The molecule has 1 heterocycles. The molecule has 0 aliphatic heterocycles. The lowest BCUT2D eigenvalue weighted by Crippen LogP contribution is -2.24. The SMILES string of the molecule is C=CN(C=C)C(=O)c1cc(NCC(F)(F)F)c(C(=N)Br)cn1.CO. The van der Waals surface area contributed by atoms with Crippen molar-refractivity contribution in [1.29, 1.82) is 5.41 Å². The second kappa shape index (κ2) is 9.83. The van der Waals surface area contributed by atoms with E-state index in [1.165, 1.54) is 12.4 Å². The van der Waals surface area contributed by atoms with Gasteiger partial charge in [-0.1, -0.05) is 13.2 Å². The number of carbonyl (C=O) groups is 1. The van der Waals surface area contributed by atoms with Gasteiger partial charge in [0.1, 0.15) is 16.9 Å². The fourth-order valence-electron chi connectivity index (χ4n) is 1.46. The van der Waals surface area contributed by atoms with Crippen LogP contribution in [0.15, 0.2) is 37.8 Å². The van der Waals surface area contributed by atoms with E-state index in [1.54, 1.807) is 0 Å². The van der Waals surface area contributed by atoms with Gasteiger partial charge in [-0.15, -0.1) is 0 Å². The lowest BCUT2D eigenvalue weighted by Gasteiger charge is -2.15. The lowest BCUT2D eigenvalue weighted by molar-refractivity contribution is -0.115. The van der Waals surface area contributed by atoms with Gasteiger partial charge in [0.25, 0.3) is 5.91 Å². The molecule has 1 rings (SSSR count). The van der Waals surface area contributed by atoms with E-state index in [-0.39, 0.29) is 21.6 Å². The summed E-state index contributed by atoms with van der Waals surface area (Å²) in [5.74, 6) is -0.604. The molecule has 10 heteroatoms. The summed E-state index contributed by atoms with van der Waals surface area (Å²) in [6.45, 7) is 5.53. The smallest absolute Gasteiger partial charge is 0.400 e. The highest BCUT2D eigenvalue weighted by Crippen LogP contribution is 2.22. The van der Waals surface area contributed by atoms with Crippen LogP contribution in [0.25, 0.3) is 0 Å². The third-order valence-electron chi connectivity index (χ3n) is 2.47. The normalized spacial score (nSPS) is 10.1. The first-order chi connectivity index (χ1) is 11.2. The van der Waals surface area contributed by atoms with E-state index in [0.29, 0.717) is 0 Å². The zero-order chi connectivity index (χ0) is 18.9. The first-order valence-corrected chi connectivity index (χ1v) is 7.06. The van der Waals surface area contributed by atoms with Crippen molar-refractivity contribution in [2.24, 2.45) is 0 Å². The minimum absolute atomic E-state index is 0.0365. The second-order valence-electron chi connectivity index (χ2n) is 3.98. The quantitative estimate of drug-likeness (QED) is 0.630. The monoisotopic (exact) mass is 408 g/mol. The summed E-state index contributed by atoms with van der Waals surface area (Å²) in [6, 6.07) is 1.14. The van der Waals surface area contributed by atoms with Crippen molar-refractivity contribution < 1.29 is 23.1 Å². The number of hydrogen-bond donors (Lipinski definition) is 3. The van der Waals surface area contributed by atoms with Crippen LogP contribution in [-0.2, 0) is 0 Å². The standard InChI is InChI=1S/C13H12BrF3N4O.CH4O/c1-3-21(4-2)12(22)10-5-9(20-7-13(15,16)17)8(6-19-10)11(14)18;1-2/h3-6,18H,1-2,7H2,(H,19,20);2H,1H3. The number of aliphatic hydroxyl groups excluding tert-OH is 1. The van der Waals surface area contributed by atoms with Gasteiger partial charge < -0.3 is 10.4 Å². The summed E-state index contributed by atoms with van der Waals surface area (Å²) in [5.41, 5.74) is -0.0443. The third kappa shape index (κ3) is 6.50. The average Bonchev–Trinajstić information content (AvgIpc) is 2.54. The highest BCUT2D eigenvalue weighted by molar-refractivity contribution is 9.18. The number of anilines is 1. The number of halogens is 4. The van der Waals surface area contributed by atoms with E-state index in [9.17, 15) is 18.0 Å². The van der Waals surface area contributed by atoms with Crippen molar-refractivity contribution in [3.63, 3.8) is 0 Å². The van der Waals surface area contributed by atoms with Gasteiger partial charge in [-0.2, -0.15) is 13.2 Å². The molecule has 0 bridgehead atoms. The molecule has 0 fully saturated rings. The van der Waals surface area contributed by atoms with E-state index < -0.39 is 18.6 Å². The van der Waals surface area contributed by atoms with Crippen LogP contribution in [0.3, 0.4) is 0 Å². The maximum Gasteiger partial charge on any atom is 0.405 e. The molecule has 0 aliphatic rings. The van der Waals surface area contributed by atoms with Crippen molar-refractivity contribution in [2.75, 3.05) is 19.0 Å². The summed E-state index contributed by atoms with van der Waals surface area (Å²) in [5, 5.41) is 16.6. The summed E-state index contributed by atoms with van der Waals surface area (Å²) < 4.78 is 36.8. The summed E-state index contributed by atoms with van der Waals surface area (Å²) >= 11 is 2.87. The minimum atomic E-state index is -4.44. The maximum atomic E-state index is 12.3. The number of amides is 1. The molecule has 1 aromatic rings. The van der Waals surface area contributed by atoms with Gasteiger partial charge in [0.05, 0.1) is 0 Å². The van der Waals surface area contributed by atoms with Crippen molar-refractivity contribution in [3.05, 3.63) is 49.1 Å². The van der Waals surface area contributed by atoms with Gasteiger partial charge in [0, 0.05) is 37.0 Å². The van der Waals surface area contributed by atoms with Crippen molar-refractivity contribution in [1.82, 2.24) is 9.88 Å². The number of aliphatic hydroxyl groups is 1. The molecule has 3 N–H and O–H groups in total. The number of aromatic nitrogens is 1. The summed E-state index contributed by atoms with van der Waals surface area (Å²) in [7, 11) is 1.00. The van der Waals surface area contributed by atoms with Crippen molar-refractivity contribution >= 4 is 32.1 Å². The van der Waals surface area contributed by atoms with Crippen LogP contribution in [0.2, 0.25) is 0 Å². The molecular weight excluding hydrogens is 393 g/mol. The van der Waals surface area contributed by atoms with Crippen LogP contribution in [0, 0.1) is 5.41 Å². The Kier molecular flexibility index (Phi) is 8.93. The van der Waals surface area contributed by atoms with Crippen LogP contribution in [-0.4, -0.2) is 45.3 Å². The second-order valence-corrected chi connectivity index (χ2v) is 4.77. The van der Waals surface area contributed by atoms with E-state index >= 15 is 0 Å². The largest absolute Gasteiger partial charge is 0.405 e. The number of pyridine rings is 1. The van der Waals surface area contributed by atoms with E-state index in [0.717, 1.165) is 24.3 Å². The van der Waals surface area contributed by atoms with E-state index in [4.69, 9.17) is 10.5 Å². The van der Waals surface area contributed by atoms with Gasteiger partial charge in [0.15, 0.2) is 0 Å². The number of nitrogens with one attached hydrogen (secondary N) is 2. The summed E-state index contributed by atoms with van der Waals surface area (Å²) in [4.78, 5) is 16.9. The predicted molar refractivity (Wildman–Crippen MR) is 89.2 cm³/mol. The Hall–Kier alpha value is -2.20. The molecule has 0 aromatic carbocycles. The molecule has 0 saturated heterocycles. The highest BCUT2D eigenvalue weighted by atomic mass is 79.9. The van der Waals surface area contributed by atoms with Crippen LogP contribution >= 0.6 is 15.9 Å². The molecular formula is C14H16BrF3N4O2. The molecule has 0 spiro atoms. The molecule has 1 amide bonds. The summed E-state index contributed by atoms with van der Waals surface area (Å²) in [6.07, 6.45) is -0.915. The molecule has 132 valence electrons. The first-order valence-electron chi connectivity index (χ1n) is 6.27. The minimum Gasteiger partial charge on any atom is -0.400 e. The fraction of sp³-hybridized carbons (Fsp3) is 0.214. The Morgan fingerprint density at radius 1 is 1.46 bits per heavy atom. The third-order valence-corrected chi connectivity index (χ3v) is 2.89. The Bertz CT molecular complexity index is 613. The predicted octanol–water partition coefficient (Wildman–Crippen LogP) is 3.11. The van der Waals surface area contributed by atoms with Crippen molar-refractivity contribution in [2.45, 2.75) is 6.18 Å². The highest BCUT2D eigenvalue weighted by Gasteiger charge is 2.27. The van der Waals surface area contributed by atoms with Gasteiger partial charge in [-0.3, -0.25) is 20.1 Å². The molecule has 0 radical (unpaired) electrons. The molecule has 1 aromatic heterocycles. The molecule has 0 unspecified atom stereocenters. The molecule has 24 heavy (non-hydrogen) atoms. The molecule has 6 nitrogen and oxygen atoms in total. The Morgan fingerprint density at radius 2 is 2.00 bits per heavy atom. The van der Waals surface area contributed by atoms with E-state index in [1.807, 2.05) is 0 Å². The number of rotatable bonds is 6. The average molecular weight is 409 g/mol. The Morgan fingerprint density at radius 3 is 2.42 bits per heavy atom. The number of nitrogens with zero attached hydrogens (tertiary/aromatic N) is 2. The van der Waals surface area contributed by atoms with Crippen LogP contribution in [0.4, 0.5) is 18.9 Å². The number of carbonyl (C=O) groups excluding carboxylic acids is 1. The molecule has 0 atom stereocenters.